The highest BCUT2D eigenvalue weighted by molar-refractivity contribution is 6.33. The van der Waals surface area contributed by atoms with E-state index in [0.717, 1.165) is 51.9 Å². The van der Waals surface area contributed by atoms with Gasteiger partial charge < -0.3 is 14.7 Å². The van der Waals surface area contributed by atoms with E-state index in [2.05, 4.69) is 9.88 Å². The first-order valence-electron chi connectivity index (χ1n) is 8.88. The van der Waals surface area contributed by atoms with Crippen molar-refractivity contribution >= 4 is 29.2 Å². The van der Waals surface area contributed by atoms with E-state index in [1.165, 1.54) is 4.90 Å². The van der Waals surface area contributed by atoms with Crippen LogP contribution in [0.15, 0.2) is 12.3 Å². The summed E-state index contributed by atoms with van der Waals surface area (Å²) >= 11 is 6.36. The predicted octanol–water partition coefficient (Wildman–Crippen LogP) is 2.28. The summed E-state index contributed by atoms with van der Waals surface area (Å²) in [5, 5.41) is 0.483. The average Bonchev–Trinajstić information content (AvgIpc) is 3.15. The van der Waals surface area contributed by atoms with Gasteiger partial charge in [-0.1, -0.05) is 11.6 Å². The van der Waals surface area contributed by atoms with Gasteiger partial charge in [-0.15, -0.1) is 0 Å². The molecule has 1 aromatic rings. The highest BCUT2D eigenvalue weighted by atomic mass is 35.5. The summed E-state index contributed by atoms with van der Waals surface area (Å²) in [6.07, 6.45) is 5.48. The van der Waals surface area contributed by atoms with Crippen LogP contribution >= 0.6 is 11.6 Å². The zero-order chi connectivity index (χ0) is 18.0. The maximum atomic E-state index is 12.5. The van der Waals surface area contributed by atoms with Gasteiger partial charge in [0.2, 0.25) is 5.91 Å². The lowest BCUT2D eigenvalue weighted by atomic mass is 9.95. The second kappa shape index (κ2) is 7.60. The molecule has 0 unspecified atom stereocenters. The van der Waals surface area contributed by atoms with E-state index in [1.54, 1.807) is 26.4 Å². The van der Waals surface area contributed by atoms with Gasteiger partial charge in [0.05, 0.1) is 10.6 Å². The van der Waals surface area contributed by atoms with Crippen LogP contribution in [0.4, 0.5) is 5.82 Å². The fraction of sp³-hybridized carbons (Fsp3) is 0.611. The number of pyridine rings is 1. The van der Waals surface area contributed by atoms with Gasteiger partial charge in [-0.05, 0) is 31.7 Å². The summed E-state index contributed by atoms with van der Waals surface area (Å²) in [5.74, 6) is 1.01. The smallest absolute Gasteiger partial charge is 0.254 e. The van der Waals surface area contributed by atoms with Crippen LogP contribution in [0.5, 0.6) is 0 Å². The standard InChI is InChI=1S/C18H25ClN4O2/c1-21(2)17(24)14-11-15(19)16(20-12-14)22-9-5-13(6-10-22)18(25)23-7-3-4-8-23/h11-13H,3-10H2,1-2H3. The number of amides is 2. The topological polar surface area (TPSA) is 56.8 Å². The summed E-state index contributed by atoms with van der Waals surface area (Å²) in [4.78, 5) is 34.5. The van der Waals surface area contributed by atoms with Crippen molar-refractivity contribution in [1.82, 2.24) is 14.8 Å². The molecule has 2 aliphatic heterocycles. The van der Waals surface area contributed by atoms with Crippen LogP contribution in [0.1, 0.15) is 36.0 Å². The van der Waals surface area contributed by atoms with Crippen molar-refractivity contribution in [3.05, 3.63) is 22.8 Å². The molecule has 0 aliphatic carbocycles. The SMILES string of the molecule is CN(C)C(=O)c1cnc(N2CCC(C(=O)N3CCCC3)CC2)c(Cl)c1. The van der Waals surface area contributed by atoms with Gasteiger partial charge in [-0.25, -0.2) is 4.98 Å². The molecular formula is C18H25ClN4O2. The van der Waals surface area contributed by atoms with E-state index in [-0.39, 0.29) is 11.8 Å². The molecule has 6 nitrogen and oxygen atoms in total. The number of anilines is 1. The van der Waals surface area contributed by atoms with Gasteiger partial charge >= 0.3 is 0 Å². The summed E-state index contributed by atoms with van der Waals surface area (Å²) < 4.78 is 0. The van der Waals surface area contributed by atoms with E-state index in [0.29, 0.717) is 22.3 Å². The number of hydrogen-bond donors (Lipinski definition) is 0. The van der Waals surface area contributed by atoms with Gasteiger partial charge in [0, 0.05) is 52.4 Å². The second-order valence-corrected chi connectivity index (χ2v) is 7.43. The van der Waals surface area contributed by atoms with E-state index in [9.17, 15) is 9.59 Å². The minimum Gasteiger partial charge on any atom is -0.355 e. The Kier molecular flexibility index (Phi) is 5.47. The molecule has 1 aromatic heterocycles. The molecule has 2 fully saturated rings. The summed E-state index contributed by atoms with van der Waals surface area (Å²) in [6.45, 7) is 3.34. The number of carbonyl (C=O) groups excluding carboxylic acids is 2. The molecule has 25 heavy (non-hydrogen) atoms. The van der Waals surface area contributed by atoms with Crippen LogP contribution in [0.2, 0.25) is 5.02 Å². The van der Waals surface area contributed by atoms with E-state index in [1.807, 2.05) is 4.90 Å². The third-order valence-electron chi connectivity index (χ3n) is 5.04. The van der Waals surface area contributed by atoms with Crippen LogP contribution in [-0.2, 0) is 4.79 Å². The summed E-state index contributed by atoms with van der Waals surface area (Å²) in [5.41, 5.74) is 0.484. The molecule has 2 saturated heterocycles. The molecule has 0 radical (unpaired) electrons. The summed E-state index contributed by atoms with van der Waals surface area (Å²) in [6, 6.07) is 1.67. The lowest BCUT2D eigenvalue weighted by Gasteiger charge is -2.34. The third kappa shape index (κ3) is 3.89. The average molecular weight is 365 g/mol. The maximum absolute atomic E-state index is 12.5. The van der Waals surface area contributed by atoms with Crippen molar-refractivity contribution in [2.75, 3.05) is 45.2 Å². The fourth-order valence-corrected chi connectivity index (χ4v) is 3.86. The number of nitrogens with zero attached hydrogens (tertiary/aromatic N) is 4. The molecule has 7 heteroatoms. The largest absolute Gasteiger partial charge is 0.355 e. The molecule has 0 atom stereocenters. The van der Waals surface area contributed by atoms with Gasteiger partial charge in [0.25, 0.3) is 5.91 Å². The molecule has 0 N–H and O–H groups in total. The van der Waals surface area contributed by atoms with Gasteiger partial charge in [-0.2, -0.15) is 0 Å². The Morgan fingerprint density at radius 2 is 1.80 bits per heavy atom. The molecule has 0 saturated carbocycles. The number of likely N-dealkylation sites (tertiary alicyclic amines) is 1. The first-order valence-corrected chi connectivity index (χ1v) is 9.26. The van der Waals surface area contributed by atoms with Crippen LogP contribution in [0.25, 0.3) is 0 Å². The van der Waals surface area contributed by atoms with Crippen molar-refractivity contribution in [1.29, 1.82) is 0 Å². The first-order chi connectivity index (χ1) is 12.0. The lowest BCUT2D eigenvalue weighted by Crippen LogP contribution is -2.42. The van der Waals surface area contributed by atoms with Gasteiger partial charge in [0.1, 0.15) is 5.82 Å². The minimum atomic E-state index is -0.115. The van der Waals surface area contributed by atoms with Gasteiger partial charge in [-0.3, -0.25) is 9.59 Å². The highest BCUT2D eigenvalue weighted by Crippen LogP contribution is 2.29. The molecule has 0 spiro atoms. The quantitative estimate of drug-likeness (QED) is 0.825. The Hall–Kier alpha value is -1.82. The Labute approximate surface area is 153 Å². The van der Waals surface area contributed by atoms with Crippen molar-refractivity contribution in [3.63, 3.8) is 0 Å². The van der Waals surface area contributed by atoms with Crippen molar-refractivity contribution in [2.24, 2.45) is 5.92 Å². The number of rotatable bonds is 3. The van der Waals surface area contributed by atoms with E-state index in [4.69, 9.17) is 11.6 Å². The normalized spacial score (nSPS) is 18.5. The first kappa shape index (κ1) is 18.0. The number of hydrogen-bond acceptors (Lipinski definition) is 4. The molecule has 2 aliphatic rings. The van der Waals surface area contributed by atoms with Crippen molar-refractivity contribution in [3.8, 4) is 0 Å². The predicted molar refractivity (Wildman–Crippen MR) is 98.0 cm³/mol. The molecule has 2 amide bonds. The molecule has 0 aromatic carbocycles. The maximum Gasteiger partial charge on any atom is 0.254 e. The fourth-order valence-electron chi connectivity index (χ4n) is 3.57. The lowest BCUT2D eigenvalue weighted by molar-refractivity contribution is -0.135. The number of piperidine rings is 1. The molecular weight excluding hydrogens is 340 g/mol. The Morgan fingerprint density at radius 3 is 2.36 bits per heavy atom. The van der Waals surface area contributed by atoms with E-state index < -0.39 is 0 Å². The Balaban J connectivity index is 1.62. The molecule has 136 valence electrons. The molecule has 3 rings (SSSR count). The van der Waals surface area contributed by atoms with Crippen LogP contribution < -0.4 is 4.90 Å². The van der Waals surface area contributed by atoms with Crippen LogP contribution in [0.3, 0.4) is 0 Å². The second-order valence-electron chi connectivity index (χ2n) is 7.02. The zero-order valence-corrected chi connectivity index (χ0v) is 15.6. The molecule has 3 heterocycles. The van der Waals surface area contributed by atoms with E-state index >= 15 is 0 Å². The van der Waals surface area contributed by atoms with Gasteiger partial charge in [0.15, 0.2) is 0 Å². The Bertz CT molecular complexity index is 650. The summed E-state index contributed by atoms with van der Waals surface area (Å²) in [7, 11) is 3.40. The number of carbonyl (C=O) groups is 2. The molecule has 0 bridgehead atoms. The van der Waals surface area contributed by atoms with Crippen molar-refractivity contribution in [2.45, 2.75) is 25.7 Å². The number of aromatic nitrogens is 1. The highest BCUT2D eigenvalue weighted by Gasteiger charge is 2.30. The zero-order valence-electron chi connectivity index (χ0n) is 14.9. The number of halogens is 1. The van der Waals surface area contributed by atoms with Crippen LogP contribution in [0, 0.1) is 5.92 Å². The van der Waals surface area contributed by atoms with Crippen LogP contribution in [-0.4, -0.2) is 66.9 Å². The van der Waals surface area contributed by atoms with Crippen molar-refractivity contribution < 1.29 is 9.59 Å². The Morgan fingerprint density at radius 1 is 1.16 bits per heavy atom. The monoisotopic (exact) mass is 364 g/mol. The third-order valence-corrected chi connectivity index (χ3v) is 5.31. The minimum absolute atomic E-state index is 0.114.